The van der Waals surface area contributed by atoms with Gasteiger partial charge in [-0.3, -0.25) is 9.36 Å². The average molecular weight is 410 g/mol. The first kappa shape index (κ1) is 19.0. The Labute approximate surface area is 170 Å². The molecule has 0 N–H and O–H groups in total. The van der Waals surface area contributed by atoms with Gasteiger partial charge in [0.2, 0.25) is 5.78 Å². The van der Waals surface area contributed by atoms with Crippen molar-refractivity contribution in [1.29, 1.82) is 0 Å². The molecule has 0 amide bonds. The van der Waals surface area contributed by atoms with Gasteiger partial charge in [0.25, 0.3) is 5.89 Å². The van der Waals surface area contributed by atoms with Crippen molar-refractivity contribution in [2.75, 3.05) is 0 Å². The fraction of sp³-hybridized carbons (Fsp3) is 0.250. The number of aryl methyl sites for hydroxylation is 1. The number of fused-ring (bicyclic) bond motifs is 1. The first-order chi connectivity index (χ1) is 13.7. The van der Waals surface area contributed by atoms with Crippen molar-refractivity contribution in [2.45, 2.75) is 33.3 Å². The Bertz CT molecular complexity index is 1230. The van der Waals surface area contributed by atoms with Gasteiger partial charge in [-0.05, 0) is 33.8 Å². The second-order valence-corrected chi connectivity index (χ2v) is 8.28. The topological polar surface area (TPSA) is 100 Å². The molecule has 3 heterocycles. The van der Waals surface area contributed by atoms with E-state index in [0.29, 0.717) is 28.0 Å². The number of carbonyl (C=O) groups is 2. The number of ketones is 1. The van der Waals surface area contributed by atoms with Gasteiger partial charge in [-0.15, -0.1) is 11.3 Å². The highest BCUT2D eigenvalue weighted by Crippen LogP contribution is 2.27. The van der Waals surface area contributed by atoms with Crippen LogP contribution in [0, 0.1) is 6.92 Å². The third-order valence-corrected chi connectivity index (χ3v) is 4.83. The molecule has 0 fully saturated rings. The van der Waals surface area contributed by atoms with Crippen molar-refractivity contribution in [2.24, 2.45) is 0 Å². The first-order valence-electron chi connectivity index (χ1n) is 8.87. The first-order valence-corrected chi connectivity index (χ1v) is 9.75. The Morgan fingerprint density at radius 1 is 1.17 bits per heavy atom. The maximum absolute atomic E-state index is 13.1. The van der Waals surface area contributed by atoms with Crippen LogP contribution in [-0.2, 0) is 4.74 Å². The van der Waals surface area contributed by atoms with Gasteiger partial charge in [0, 0.05) is 17.0 Å². The molecule has 148 valence electrons. The standard InChI is InChI=1S/C20H18N4O4S/c1-11-21-17(28-23-11)14-10-29-18(22-14)16(25)13-9-24(19(26)27-20(2,3)4)15-8-6-5-7-12(13)15/h5-10H,1-4H3. The van der Waals surface area contributed by atoms with E-state index in [9.17, 15) is 9.59 Å². The Morgan fingerprint density at radius 3 is 2.62 bits per heavy atom. The molecule has 0 saturated carbocycles. The van der Waals surface area contributed by atoms with E-state index in [4.69, 9.17) is 9.26 Å². The number of aromatic nitrogens is 4. The molecule has 0 bridgehead atoms. The lowest BCUT2D eigenvalue weighted by atomic mass is 10.1. The van der Waals surface area contributed by atoms with Gasteiger partial charge in [-0.25, -0.2) is 9.78 Å². The predicted octanol–water partition coefficient (Wildman–Crippen LogP) is 4.47. The molecule has 0 aliphatic rings. The Morgan fingerprint density at radius 2 is 1.93 bits per heavy atom. The normalized spacial score (nSPS) is 11.7. The van der Waals surface area contributed by atoms with Crippen molar-refractivity contribution in [3.05, 3.63) is 52.2 Å². The number of thiazole rings is 1. The second kappa shape index (κ2) is 6.93. The average Bonchev–Trinajstić information content (AvgIpc) is 3.37. The maximum Gasteiger partial charge on any atom is 0.419 e. The number of hydrogen-bond donors (Lipinski definition) is 0. The van der Waals surface area contributed by atoms with E-state index in [1.165, 1.54) is 22.1 Å². The molecule has 29 heavy (non-hydrogen) atoms. The minimum absolute atomic E-state index is 0.258. The van der Waals surface area contributed by atoms with E-state index in [2.05, 4.69) is 15.1 Å². The maximum atomic E-state index is 13.1. The van der Waals surface area contributed by atoms with Crippen LogP contribution in [0.15, 0.2) is 40.4 Å². The van der Waals surface area contributed by atoms with Crippen LogP contribution in [-0.4, -0.2) is 37.2 Å². The third kappa shape index (κ3) is 3.68. The molecule has 0 atom stereocenters. The van der Waals surface area contributed by atoms with Gasteiger partial charge in [-0.2, -0.15) is 4.98 Å². The SMILES string of the molecule is Cc1noc(-c2csc(C(=O)c3cn(C(=O)OC(C)(C)C)c4ccccc34)n2)n1. The number of ether oxygens (including phenoxy) is 1. The number of benzene rings is 1. The lowest BCUT2D eigenvalue weighted by Gasteiger charge is -2.19. The smallest absolute Gasteiger partial charge is 0.419 e. The summed E-state index contributed by atoms with van der Waals surface area (Å²) >= 11 is 1.18. The van der Waals surface area contributed by atoms with E-state index < -0.39 is 11.7 Å². The van der Waals surface area contributed by atoms with E-state index in [0.717, 1.165) is 0 Å². The lowest BCUT2D eigenvalue weighted by molar-refractivity contribution is 0.0544. The van der Waals surface area contributed by atoms with Crippen LogP contribution in [0.2, 0.25) is 0 Å². The minimum Gasteiger partial charge on any atom is -0.443 e. The molecular weight excluding hydrogens is 392 g/mol. The molecule has 4 rings (SSSR count). The molecule has 9 heteroatoms. The molecule has 1 aromatic carbocycles. The van der Waals surface area contributed by atoms with E-state index in [-0.39, 0.29) is 16.7 Å². The number of nitrogens with zero attached hydrogens (tertiary/aromatic N) is 4. The molecule has 4 aromatic rings. The number of hydrogen-bond acceptors (Lipinski definition) is 8. The molecule has 0 spiro atoms. The zero-order chi connectivity index (χ0) is 20.8. The molecule has 3 aromatic heterocycles. The summed E-state index contributed by atoms with van der Waals surface area (Å²) in [6.07, 6.45) is 0.952. The molecule has 8 nitrogen and oxygen atoms in total. The summed E-state index contributed by atoms with van der Waals surface area (Å²) < 4.78 is 11.9. The lowest BCUT2D eigenvalue weighted by Crippen LogP contribution is -2.26. The molecule has 0 saturated heterocycles. The second-order valence-electron chi connectivity index (χ2n) is 7.42. The highest BCUT2D eigenvalue weighted by molar-refractivity contribution is 7.12. The summed E-state index contributed by atoms with van der Waals surface area (Å²) in [6.45, 7) is 7.08. The Balaban J connectivity index is 1.73. The highest BCUT2D eigenvalue weighted by atomic mass is 32.1. The number of para-hydroxylation sites is 1. The van der Waals surface area contributed by atoms with Crippen LogP contribution in [0.1, 0.15) is 42.0 Å². The zero-order valence-corrected chi connectivity index (χ0v) is 17.1. The van der Waals surface area contributed by atoms with Gasteiger partial charge in [-0.1, -0.05) is 23.4 Å². The van der Waals surface area contributed by atoms with E-state index in [1.807, 2.05) is 6.07 Å². The summed E-state index contributed by atoms with van der Waals surface area (Å²) in [6, 6.07) is 7.17. The summed E-state index contributed by atoms with van der Waals surface area (Å²) in [4.78, 5) is 34.2. The van der Waals surface area contributed by atoms with Gasteiger partial charge in [0.1, 0.15) is 11.3 Å². The van der Waals surface area contributed by atoms with Crippen molar-refractivity contribution in [3.63, 3.8) is 0 Å². The summed E-state index contributed by atoms with van der Waals surface area (Å²) in [5.41, 5.74) is 0.747. The third-order valence-electron chi connectivity index (χ3n) is 3.99. The molecule has 0 aliphatic heterocycles. The zero-order valence-electron chi connectivity index (χ0n) is 16.3. The fourth-order valence-electron chi connectivity index (χ4n) is 2.82. The molecule has 0 unspecified atom stereocenters. The van der Waals surface area contributed by atoms with Gasteiger partial charge in [0.05, 0.1) is 11.1 Å². The minimum atomic E-state index is -0.654. The van der Waals surface area contributed by atoms with E-state index >= 15 is 0 Å². The van der Waals surface area contributed by atoms with Gasteiger partial charge >= 0.3 is 6.09 Å². The largest absolute Gasteiger partial charge is 0.443 e. The van der Waals surface area contributed by atoms with Crippen molar-refractivity contribution in [1.82, 2.24) is 19.7 Å². The van der Waals surface area contributed by atoms with Crippen LogP contribution in [0.5, 0.6) is 0 Å². The number of carbonyl (C=O) groups excluding carboxylic acids is 2. The summed E-state index contributed by atoms with van der Waals surface area (Å²) in [7, 11) is 0. The van der Waals surface area contributed by atoms with Crippen molar-refractivity contribution < 1.29 is 18.8 Å². The van der Waals surface area contributed by atoms with Crippen molar-refractivity contribution in [3.8, 4) is 11.6 Å². The Hall–Kier alpha value is -3.33. The fourth-order valence-corrected chi connectivity index (χ4v) is 3.56. The number of rotatable bonds is 3. The van der Waals surface area contributed by atoms with Gasteiger partial charge in [0.15, 0.2) is 10.8 Å². The van der Waals surface area contributed by atoms with Crippen LogP contribution in [0.4, 0.5) is 4.79 Å². The van der Waals surface area contributed by atoms with E-state index in [1.54, 1.807) is 51.3 Å². The molecule has 0 aliphatic carbocycles. The molecule has 0 radical (unpaired) electrons. The molecular formula is C20H18N4O4S. The summed E-state index contributed by atoms with van der Waals surface area (Å²) in [5.74, 6) is 0.450. The monoisotopic (exact) mass is 410 g/mol. The van der Waals surface area contributed by atoms with Crippen molar-refractivity contribution >= 4 is 34.1 Å². The van der Waals surface area contributed by atoms with Crippen LogP contribution in [0.3, 0.4) is 0 Å². The highest BCUT2D eigenvalue weighted by Gasteiger charge is 2.25. The van der Waals surface area contributed by atoms with Crippen LogP contribution >= 0.6 is 11.3 Å². The quantitative estimate of drug-likeness (QED) is 0.459. The summed E-state index contributed by atoms with van der Waals surface area (Å²) in [5, 5.41) is 6.34. The van der Waals surface area contributed by atoms with Gasteiger partial charge < -0.3 is 9.26 Å². The van der Waals surface area contributed by atoms with Crippen LogP contribution in [0.25, 0.3) is 22.5 Å². The Kier molecular flexibility index (Phi) is 4.54. The van der Waals surface area contributed by atoms with Crippen LogP contribution < -0.4 is 0 Å². The predicted molar refractivity (Wildman–Crippen MR) is 107 cm³/mol.